The summed E-state index contributed by atoms with van der Waals surface area (Å²) in [7, 11) is 0. The van der Waals surface area contributed by atoms with Crippen molar-refractivity contribution in [3.8, 4) is 12.3 Å². The molecule has 2 atom stereocenters. The van der Waals surface area contributed by atoms with E-state index >= 15 is 0 Å². The average molecular weight is 476 g/mol. The number of rotatable bonds is 7. The highest BCUT2D eigenvalue weighted by molar-refractivity contribution is 7.80. The number of alkyl carbamates (subject to hydrolysis) is 1. The Bertz CT molecular complexity index is 877. The van der Waals surface area contributed by atoms with Crippen LogP contribution in [0.1, 0.15) is 72.6 Å². The Kier molecular flexibility index (Phi) is 9.86. The fourth-order valence-corrected chi connectivity index (χ4v) is 3.38. The highest BCUT2D eigenvalue weighted by Gasteiger charge is 2.38. The minimum Gasteiger partial charge on any atom is -0.444 e. The SMILES string of the molecule is C#Cc1ccc(C(C(=O)NC(C)(C)C)N(C(=O)C(CS)NC(=O)OC(C)(C)C)C(C)C)cc1. The molecule has 0 aliphatic carbocycles. The van der Waals surface area contributed by atoms with Gasteiger partial charge in [-0.05, 0) is 73.1 Å². The Balaban J connectivity index is 3.41. The van der Waals surface area contributed by atoms with E-state index < -0.39 is 35.2 Å². The van der Waals surface area contributed by atoms with Crippen LogP contribution in [0.4, 0.5) is 4.79 Å². The molecule has 1 aromatic rings. The van der Waals surface area contributed by atoms with E-state index in [-0.39, 0.29) is 17.7 Å². The first-order chi connectivity index (χ1) is 15.1. The van der Waals surface area contributed by atoms with Crippen LogP contribution in [0.5, 0.6) is 0 Å². The largest absolute Gasteiger partial charge is 0.444 e. The zero-order valence-electron chi connectivity index (χ0n) is 20.9. The van der Waals surface area contributed by atoms with Crippen molar-refractivity contribution in [1.29, 1.82) is 0 Å². The number of carbonyl (C=O) groups excluding carboxylic acids is 3. The zero-order chi connectivity index (χ0) is 25.6. The molecular weight excluding hydrogens is 438 g/mol. The molecule has 0 saturated carbocycles. The maximum absolute atomic E-state index is 13.6. The molecule has 3 amide bonds. The van der Waals surface area contributed by atoms with Crippen molar-refractivity contribution in [2.24, 2.45) is 0 Å². The molecule has 7 nitrogen and oxygen atoms in total. The molecule has 2 N–H and O–H groups in total. The van der Waals surface area contributed by atoms with Gasteiger partial charge in [0.2, 0.25) is 11.8 Å². The third-order valence-corrected chi connectivity index (χ3v) is 4.77. The predicted octanol–water partition coefficient (Wildman–Crippen LogP) is 3.68. The molecule has 8 heteroatoms. The summed E-state index contributed by atoms with van der Waals surface area (Å²) in [6.45, 7) is 14.4. The third-order valence-electron chi connectivity index (χ3n) is 4.40. The number of hydrogen-bond donors (Lipinski definition) is 3. The molecule has 0 aliphatic rings. The van der Waals surface area contributed by atoms with Gasteiger partial charge in [-0.3, -0.25) is 9.59 Å². The van der Waals surface area contributed by atoms with Crippen molar-refractivity contribution in [3.05, 3.63) is 35.4 Å². The topological polar surface area (TPSA) is 87.7 Å². The van der Waals surface area contributed by atoms with E-state index in [9.17, 15) is 14.4 Å². The van der Waals surface area contributed by atoms with E-state index in [4.69, 9.17) is 11.2 Å². The Morgan fingerprint density at radius 2 is 1.64 bits per heavy atom. The summed E-state index contributed by atoms with van der Waals surface area (Å²) in [4.78, 5) is 40.8. The number of amides is 3. The third kappa shape index (κ3) is 9.01. The van der Waals surface area contributed by atoms with Crippen molar-refractivity contribution >= 4 is 30.5 Å². The van der Waals surface area contributed by atoms with E-state index in [1.54, 1.807) is 45.0 Å². The molecule has 0 heterocycles. The number of nitrogens with zero attached hydrogens (tertiary/aromatic N) is 1. The molecule has 0 aromatic heterocycles. The van der Waals surface area contributed by atoms with E-state index in [0.717, 1.165) is 0 Å². The van der Waals surface area contributed by atoms with Crippen LogP contribution in [0, 0.1) is 12.3 Å². The minimum atomic E-state index is -0.986. The number of carbonyl (C=O) groups is 3. The van der Waals surface area contributed by atoms with Gasteiger partial charge in [-0.25, -0.2) is 4.79 Å². The van der Waals surface area contributed by atoms with E-state index in [1.165, 1.54) is 4.90 Å². The van der Waals surface area contributed by atoms with E-state index in [1.807, 2.05) is 34.6 Å². The van der Waals surface area contributed by atoms with E-state index in [0.29, 0.717) is 11.1 Å². The van der Waals surface area contributed by atoms with Gasteiger partial charge in [0.1, 0.15) is 17.7 Å². The Labute approximate surface area is 203 Å². The minimum absolute atomic E-state index is 0.0327. The zero-order valence-corrected chi connectivity index (χ0v) is 21.7. The molecule has 0 fully saturated rings. The van der Waals surface area contributed by atoms with Crippen LogP contribution < -0.4 is 10.6 Å². The smallest absolute Gasteiger partial charge is 0.408 e. The second kappa shape index (κ2) is 11.5. The number of nitrogens with one attached hydrogen (secondary N) is 2. The van der Waals surface area contributed by atoms with Gasteiger partial charge < -0.3 is 20.3 Å². The molecule has 33 heavy (non-hydrogen) atoms. The molecule has 0 bridgehead atoms. The lowest BCUT2D eigenvalue weighted by Crippen LogP contribution is -2.57. The first-order valence-corrected chi connectivity index (χ1v) is 11.5. The quantitative estimate of drug-likeness (QED) is 0.415. The summed E-state index contributed by atoms with van der Waals surface area (Å²) in [6.07, 6.45) is 4.74. The molecule has 1 aromatic carbocycles. The lowest BCUT2D eigenvalue weighted by atomic mass is 9.98. The fourth-order valence-electron chi connectivity index (χ4n) is 3.13. The first kappa shape index (κ1) is 28.4. The number of hydrogen-bond acceptors (Lipinski definition) is 5. The molecule has 0 radical (unpaired) electrons. The van der Waals surface area contributed by atoms with Crippen LogP contribution in [0.25, 0.3) is 0 Å². The highest BCUT2D eigenvalue weighted by atomic mass is 32.1. The van der Waals surface area contributed by atoms with Crippen LogP contribution >= 0.6 is 12.6 Å². The van der Waals surface area contributed by atoms with Gasteiger partial charge in [0.25, 0.3) is 0 Å². The summed E-state index contributed by atoms with van der Waals surface area (Å²) >= 11 is 4.27. The summed E-state index contributed by atoms with van der Waals surface area (Å²) in [5.74, 6) is 1.80. The van der Waals surface area contributed by atoms with Gasteiger partial charge >= 0.3 is 6.09 Å². The van der Waals surface area contributed by atoms with Crippen molar-refractivity contribution in [2.75, 3.05) is 5.75 Å². The molecule has 0 saturated heterocycles. The second-order valence-corrected chi connectivity index (χ2v) is 10.5. The second-order valence-electron chi connectivity index (χ2n) is 10.1. The normalized spacial score (nSPS) is 13.5. The molecule has 0 aliphatic heterocycles. The van der Waals surface area contributed by atoms with Crippen LogP contribution in [0.2, 0.25) is 0 Å². The van der Waals surface area contributed by atoms with Crippen LogP contribution in [-0.2, 0) is 14.3 Å². The summed E-state index contributed by atoms with van der Waals surface area (Å²) < 4.78 is 5.29. The van der Waals surface area contributed by atoms with Crippen molar-refractivity contribution < 1.29 is 19.1 Å². The van der Waals surface area contributed by atoms with E-state index in [2.05, 4.69) is 29.2 Å². The highest BCUT2D eigenvalue weighted by Crippen LogP contribution is 2.26. The van der Waals surface area contributed by atoms with Crippen LogP contribution in [-0.4, -0.2) is 51.8 Å². The van der Waals surface area contributed by atoms with Crippen molar-refractivity contribution in [2.45, 2.75) is 84.7 Å². The van der Waals surface area contributed by atoms with Gasteiger partial charge in [-0.2, -0.15) is 12.6 Å². The van der Waals surface area contributed by atoms with Gasteiger partial charge in [0.05, 0.1) is 0 Å². The lowest BCUT2D eigenvalue weighted by Gasteiger charge is -2.38. The first-order valence-electron chi connectivity index (χ1n) is 10.9. The van der Waals surface area contributed by atoms with Crippen LogP contribution in [0.3, 0.4) is 0 Å². The summed E-state index contributed by atoms with van der Waals surface area (Å²) in [6, 6.07) is 4.65. The molecule has 1 rings (SSSR count). The number of ether oxygens (including phenoxy) is 1. The maximum atomic E-state index is 13.6. The van der Waals surface area contributed by atoms with Gasteiger partial charge in [-0.1, -0.05) is 18.1 Å². The summed E-state index contributed by atoms with van der Waals surface area (Å²) in [5.41, 5.74) is 0.0289. The van der Waals surface area contributed by atoms with Gasteiger partial charge in [-0.15, -0.1) is 6.42 Å². The van der Waals surface area contributed by atoms with Gasteiger partial charge in [0.15, 0.2) is 0 Å². The maximum Gasteiger partial charge on any atom is 0.408 e. The Morgan fingerprint density at radius 1 is 1.09 bits per heavy atom. The molecular formula is C25H37N3O4S. The van der Waals surface area contributed by atoms with Gasteiger partial charge in [0, 0.05) is 22.9 Å². The molecule has 2 unspecified atom stereocenters. The predicted molar refractivity (Wildman–Crippen MR) is 134 cm³/mol. The van der Waals surface area contributed by atoms with Crippen molar-refractivity contribution in [1.82, 2.24) is 15.5 Å². The summed E-state index contributed by atoms with van der Waals surface area (Å²) in [5, 5.41) is 5.54. The Hall–Kier alpha value is -2.66. The standard InChI is InChI=1S/C25H37N3O4S/c1-10-17-11-13-18(14-12-17)20(21(29)27-24(4,5)6)28(16(2)3)22(30)19(15-33)26-23(31)32-25(7,8)9/h1,11-14,16,19-20,33H,15H2,2-9H3,(H,26,31)(H,27,29). The number of terminal acetylenes is 1. The average Bonchev–Trinajstić information content (AvgIpc) is 2.66. The van der Waals surface area contributed by atoms with Crippen molar-refractivity contribution in [3.63, 3.8) is 0 Å². The number of benzene rings is 1. The van der Waals surface area contributed by atoms with Crippen LogP contribution in [0.15, 0.2) is 24.3 Å². The lowest BCUT2D eigenvalue weighted by molar-refractivity contribution is -0.144. The Morgan fingerprint density at radius 3 is 2.03 bits per heavy atom. The molecule has 0 spiro atoms. The molecule has 182 valence electrons. The fraction of sp³-hybridized carbons (Fsp3) is 0.560. The number of thiol groups is 1. The monoisotopic (exact) mass is 475 g/mol.